The van der Waals surface area contributed by atoms with Crippen LogP contribution in [0.3, 0.4) is 0 Å². The molecule has 0 aliphatic heterocycles. The van der Waals surface area contributed by atoms with E-state index in [1.165, 1.54) is 0 Å². The number of nitrogens with one attached hydrogen (secondary N) is 1. The van der Waals surface area contributed by atoms with Gasteiger partial charge in [-0.15, -0.1) is 0 Å². The van der Waals surface area contributed by atoms with E-state index in [1.54, 1.807) is 37.4 Å². The fourth-order valence-corrected chi connectivity index (χ4v) is 3.73. The molecule has 5 heteroatoms. The molecule has 1 aromatic heterocycles. The minimum atomic E-state index is -3.55. The van der Waals surface area contributed by atoms with E-state index in [1.807, 2.05) is 25.1 Å². The van der Waals surface area contributed by atoms with Gasteiger partial charge >= 0.3 is 0 Å². The third kappa shape index (κ3) is 2.53. The van der Waals surface area contributed by atoms with Gasteiger partial charge in [-0.25, -0.2) is 8.42 Å². The lowest BCUT2D eigenvalue weighted by atomic mass is 10.1. The largest absolute Gasteiger partial charge is 0.380 e. The lowest BCUT2D eigenvalue weighted by Crippen LogP contribution is -2.02. The maximum atomic E-state index is 12.7. The highest BCUT2D eigenvalue weighted by Crippen LogP contribution is 2.27. The summed E-state index contributed by atoms with van der Waals surface area (Å²) in [6.45, 7) is 2.37. The number of hydrogen-bond donors (Lipinski definition) is 1. The Balaban J connectivity index is 2.13. The van der Waals surface area contributed by atoms with E-state index in [0.717, 1.165) is 22.0 Å². The highest BCUT2D eigenvalue weighted by molar-refractivity contribution is 7.91. The minimum Gasteiger partial charge on any atom is -0.380 e. The summed E-state index contributed by atoms with van der Waals surface area (Å²) in [5, 5.41) is 1.07. The van der Waals surface area contributed by atoms with Crippen LogP contribution in [-0.4, -0.2) is 20.5 Å². The first kappa shape index (κ1) is 14.8. The van der Waals surface area contributed by atoms with Crippen LogP contribution >= 0.6 is 0 Å². The van der Waals surface area contributed by atoms with Gasteiger partial charge in [-0.05, 0) is 36.8 Å². The van der Waals surface area contributed by atoms with Gasteiger partial charge < -0.3 is 9.72 Å². The fraction of sp³-hybridized carbons (Fsp3) is 0.176. The second kappa shape index (κ2) is 5.59. The molecule has 4 nitrogen and oxygen atoms in total. The van der Waals surface area contributed by atoms with Gasteiger partial charge in [0.2, 0.25) is 9.84 Å². The van der Waals surface area contributed by atoms with E-state index in [2.05, 4.69) is 4.98 Å². The number of methoxy groups -OCH3 is 1. The van der Waals surface area contributed by atoms with E-state index >= 15 is 0 Å². The zero-order valence-electron chi connectivity index (χ0n) is 12.5. The molecule has 0 saturated carbocycles. The van der Waals surface area contributed by atoms with Crippen LogP contribution in [-0.2, 0) is 21.2 Å². The number of H-pyrrole nitrogens is 1. The quantitative estimate of drug-likeness (QED) is 0.802. The number of rotatable bonds is 4. The predicted molar refractivity (Wildman–Crippen MR) is 85.6 cm³/mol. The van der Waals surface area contributed by atoms with E-state index in [9.17, 15) is 8.42 Å². The van der Waals surface area contributed by atoms with Crippen LogP contribution in [0.5, 0.6) is 0 Å². The SMILES string of the molecule is COCc1cccc2[nH]c(S(=O)(=O)c3ccc(C)cc3)cc12. The molecule has 1 heterocycles. The molecule has 1 N–H and O–H groups in total. The van der Waals surface area contributed by atoms with Crippen LogP contribution < -0.4 is 0 Å². The normalized spacial score (nSPS) is 11.9. The molecule has 0 aliphatic carbocycles. The molecule has 0 spiro atoms. The molecule has 114 valence electrons. The number of aromatic amines is 1. The summed E-state index contributed by atoms with van der Waals surface area (Å²) in [7, 11) is -1.93. The van der Waals surface area contributed by atoms with Gasteiger partial charge in [0.1, 0.15) is 5.03 Å². The van der Waals surface area contributed by atoms with E-state index < -0.39 is 9.84 Å². The number of fused-ring (bicyclic) bond motifs is 1. The standard InChI is InChI=1S/C17H17NO3S/c1-12-6-8-14(9-7-12)22(19,20)17-10-15-13(11-21-2)4-3-5-16(15)18-17/h3-10,18H,11H2,1-2H3. The molecule has 2 aromatic carbocycles. The first-order valence-electron chi connectivity index (χ1n) is 6.93. The Morgan fingerprint density at radius 1 is 1.09 bits per heavy atom. The number of aromatic nitrogens is 1. The van der Waals surface area contributed by atoms with Crippen molar-refractivity contribution in [2.24, 2.45) is 0 Å². The van der Waals surface area contributed by atoms with Gasteiger partial charge in [0, 0.05) is 18.0 Å². The number of hydrogen-bond acceptors (Lipinski definition) is 3. The average molecular weight is 315 g/mol. The maximum absolute atomic E-state index is 12.7. The summed E-state index contributed by atoms with van der Waals surface area (Å²) in [4.78, 5) is 3.29. The van der Waals surface area contributed by atoms with Gasteiger partial charge in [-0.1, -0.05) is 29.8 Å². The fourth-order valence-electron chi connectivity index (χ4n) is 2.46. The number of benzene rings is 2. The summed E-state index contributed by atoms with van der Waals surface area (Å²) >= 11 is 0. The Morgan fingerprint density at radius 2 is 1.82 bits per heavy atom. The van der Waals surface area contributed by atoms with Gasteiger partial charge in [0.15, 0.2) is 0 Å². The molecular weight excluding hydrogens is 298 g/mol. The molecule has 3 rings (SSSR count). The van der Waals surface area contributed by atoms with Crippen molar-refractivity contribution in [2.45, 2.75) is 23.5 Å². The molecule has 22 heavy (non-hydrogen) atoms. The number of ether oxygens (including phenoxy) is 1. The first-order chi connectivity index (χ1) is 10.5. The Hall–Kier alpha value is -2.11. The van der Waals surface area contributed by atoms with Crippen molar-refractivity contribution in [2.75, 3.05) is 7.11 Å². The number of sulfone groups is 1. The van der Waals surface area contributed by atoms with Gasteiger partial charge in [0.25, 0.3) is 0 Å². The summed E-state index contributed by atoms with van der Waals surface area (Å²) < 4.78 is 30.6. The minimum absolute atomic E-state index is 0.204. The van der Waals surface area contributed by atoms with Crippen LogP contribution in [0.4, 0.5) is 0 Å². The Labute approximate surface area is 129 Å². The third-order valence-corrected chi connectivity index (χ3v) is 5.34. The first-order valence-corrected chi connectivity index (χ1v) is 8.42. The Morgan fingerprint density at radius 3 is 2.50 bits per heavy atom. The lowest BCUT2D eigenvalue weighted by Gasteiger charge is -2.02. The van der Waals surface area contributed by atoms with E-state index in [-0.39, 0.29) is 9.92 Å². The van der Waals surface area contributed by atoms with E-state index in [0.29, 0.717) is 6.61 Å². The monoisotopic (exact) mass is 315 g/mol. The Kier molecular flexibility index (Phi) is 3.76. The average Bonchev–Trinajstić information content (AvgIpc) is 2.94. The summed E-state index contributed by atoms with van der Waals surface area (Å²) in [5.41, 5.74) is 2.78. The summed E-state index contributed by atoms with van der Waals surface area (Å²) in [6.07, 6.45) is 0. The topological polar surface area (TPSA) is 59.2 Å². The van der Waals surface area contributed by atoms with Crippen molar-refractivity contribution in [1.29, 1.82) is 0 Å². The van der Waals surface area contributed by atoms with E-state index in [4.69, 9.17) is 4.74 Å². The number of aryl methyl sites for hydroxylation is 1. The second-order valence-corrected chi connectivity index (χ2v) is 7.18. The Bertz CT molecular complexity index is 909. The maximum Gasteiger partial charge on any atom is 0.221 e. The van der Waals surface area contributed by atoms with Gasteiger partial charge in [-0.2, -0.15) is 0 Å². The molecule has 0 radical (unpaired) electrons. The van der Waals surface area contributed by atoms with Gasteiger partial charge in [0.05, 0.1) is 11.5 Å². The van der Waals surface area contributed by atoms with Crippen molar-refractivity contribution in [3.05, 3.63) is 59.7 Å². The van der Waals surface area contributed by atoms with Gasteiger partial charge in [-0.3, -0.25) is 0 Å². The molecular formula is C17H17NO3S. The molecule has 0 aliphatic rings. The highest BCUT2D eigenvalue weighted by atomic mass is 32.2. The molecule has 0 bridgehead atoms. The van der Waals surface area contributed by atoms with Crippen molar-refractivity contribution < 1.29 is 13.2 Å². The molecule has 0 amide bonds. The second-order valence-electron chi connectivity index (χ2n) is 5.26. The van der Waals surface area contributed by atoms with Crippen LogP contribution in [0.15, 0.2) is 58.5 Å². The third-order valence-electron chi connectivity index (χ3n) is 3.65. The lowest BCUT2D eigenvalue weighted by molar-refractivity contribution is 0.186. The molecule has 0 atom stereocenters. The zero-order chi connectivity index (χ0) is 15.7. The highest BCUT2D eigenvalue weighted by Gasteiger charge is 2.20. The van der Waals surface area contributed by atoms with Crippen molar-refractivity contribution in [1.82, 2.24) is 4.98 Å². The van der Waals surface area contributed by atoms with Crippen molar-refractivity contribution in [3.63, 3.8) is 0 Å². The van der Waals surface area contributed by atoms with Crippen LogP contribution in [0, 0.1) is 6.92 Å². The summed E-state index contributed by atoms with van der Waals surface area (Å²) in [5.74, 6) is 0. The molecule has 3 aromatic rings. The van der Waals surface area contributed by atoms with Crippen LogP contribution in [0.1, 0.15) is 11.1 Å². The smallest absolute Gasteiger partial charge is 0.221 e. The zero-order valence-corrected chi connectivity index (χ0v) is 13.3. The molecule has 0 fully saturated rings. The van der Waals surface area contributed by atoms with Crippen molar-refractivity contribution in [3.8, 4) is 0 Å². The molecule has 0 saturated heterocycles. The predicted octanol–water partition coefficient (Wildman–Crippen LogP) is 3.46. The van der Waals surface area contributed by atoms with Crippen LogP contribution in [0.25, 0.3) is 10.9 Å². The summed E-state index contributed by atoms with van der Waals surface area (Å²) in [6, 6.07) is 14.2. The van der Waals surface area contributed by atoms with Crippen LogP contribution in [0.2, 0.25) is 0 Å². The molecule has 0 unspecified atom stereocenters. The van der Waals surface area contributed by atoms with Crippen molar-refractivity contribution >= 4 is 20.7 Å².